The van der Waals surface area contributed by atoms with Gasteiger partial charge in [-0.1, -0.05) is 19.3 Å². The van der Waals surface area contributed by atoms with Gasteiger partial charge in [-0.25, -0.2) is 4.99 Å². The molecule has 0 aromatic heterocycles. The van der Waals surface area contributed by atoms with E-state index in [-0.39, 0.29) is 36.4 Å². The number of aliphatic imine (C=N–C) groups is 1. The van der Waals surface area contributed by atoms with Crippen LogP contribution in [0.1, 0.15) is 46.0 Å². The third kappa shape index (κ3) is 9.16. The summed E-state index contributed by atoms with van der Waals surface area (Å²) in [7, 11) is 3.51. The molecular formula is C15H31IN4O. The summed E-state index contributed by atoms with van der Waals surface area (Å²) >= 11 is 0. The van der Waals surface area contributed by atoms with Crippen molar-refractivity contribution in [3.63, 3.8) is 0 Å². The normalized spacial score (nSPS) is 16.3. The molecule has 0 aliphatic heterocycles. The standard InChI is InChI=1S/C15H30N4O.HI/c1-12(2)18-15(17-11-14(20)19(3)4)16-10-13-8-6-5-7-9-13;/h12-13H,5-11H2,1-4H3,(H2,16,17,18);1H. The van der Waals surface area contributed by atoms with Gasteiger partial charge in [0.2, 0.25) is 5.91 Å². The van der Waals surface area contributed by atoms with E-state index >= 15 is 0 Å². The zero-order valence-corrected chi connectivity index (χ0v) is 16.1. The Labute approximate surface area is 146 Å². The van der Waals surface area contributed by atoms with Gasteiger partial charge in [-0.05, 0) is 32.6 Å². The van der Waals surface area contributed by atoms with Crippen LogP contribution < -0.4 is 10.6 Å². The van der Waals surface area contributed by atoms with Gasteiger partial charge in [-0.3, -0.25) is 4.79 Å². The summed E-state index contributed by atoms with van der Waals surface area (Å²) < 4.78 is 0. The molecule has 0 atom stereocenters. The SMILES string of the molecule is CC(C)NC(=NCC(=O)N(C)C)NCC1CCCCC1.I. The number of likely N-dealkylation sites (N-methyl/N-ethyl adjacent to an activating group) is 1. The van der Waals surface area contributed by atoms with E-state index in [1.807, 2.05) is 0 Å². The minimum atomic E-state index is 0. The van der Waals surface area contributed by atoms with Gasteiger partial charge >= 0.3 is 0 Å². The summed E-state index contributed by atoms with van der Waals surface area (Å²) in [5.74, 6) is 1.51. The van der Waals surface area contributed by atoms with Gasteiger partial charge in [0.1, 0.15) is 6.54 Å². The molecule has 2 N–H and O–H groups in total. The quantitative estimate of drug-likeness (QED) is 0.415. The van der Waals surface area contributed by atoms with E-state index in [1.54, 1.807) is 19.0 Å². The van der Waals surface area contributed by atoms with Gasteiger partial charge in [0.25, 0.3) is 0 Å². The zero-order valence-electron chi connectivity index (χ0n) is 13.8. The van der Waals surface area contributed by atoms with E-state index in [9.17, 15) is 4.79 Å². The Morgan fingerprint density at radius 3 is 2.38 bits per heavy atom. The van der Waals surface area contributed by atoms with Crippen LogP contribution in [0.4, 0.5) is 0 Å². The number of nitrogens with one attached hydrogen (secondary N) is 2. The molecule has 1 aliphatic rings. The monoisotopic (exact) mass is 410 g/mol. The second kappa shape index (κ2) is 11.1. The number of halogens is 1. The Morgan fingerprint density at radius 2 is 1.86 bits per heavy atom. The highest BCUT2D eigenvalue weighted by Gasteiger charge is 2.14. The largest absolute Gasteiger partial charge is 0.356 e. The Bertz CT molecular complexity index is 326. The molecule has 0 radical (unpaired) electrons. The van der Waals surface area contributed by atoms with Gasteiger partial charge in [0, 0.05) is 26.7 Å². The Balaban J connectivity index is 0.00000400. The van der Waals surface area contributed by atoms with Crippen LogP contribution in [-0.2, 0) is 4.79 Å². The highest BCUT2D eigenvalue weighted by Crippen LogP contribution is 2.22. The summed E-state index contributed by atoms with van der Waals surface area (Å²) in [5.41, 5.74) is 0. The summed E-state index contributed by atoms with van der Waals surface area (Å²) in [6.45, 7) is 5.30. The van der Waals surface area contributed by atoms with Gasteiger partial charge in [-0.15, -0.1) is 24.0 Å². The maximum absolute atomic E-state index is 11.6. The van der Waals surface area contributed by atoms with Crippen LogP contribution in [0.2, 0.25) is 0 Å². The first-order valence-corrected chi connectivity index (χ1v) is 7.74. The number of guanidine groups is 1. The van der Waals surface area contributed by atoms with Crippen LogP contribution in [0.5, 0.6) is 0 Å². The molecule has 0 heterocycles. The first kappa shape index (κ1) is 20.5. The first-order valence-electron chi connectivity index (χ1n) is 7.74. The van der Waals surface area contributed by atoms with Crippen LogP contribution in [0.15, 0.2) is 4.99 Å². The molecule has 5 nitrogen and oxygen atoms in total. The van der Waals surface area contributed by atoms with Crippen molar-refractivity contribution in [2.45, 2.75) is 52.0 Å². The van der Waals surface area contributed by atoms with Crippen molar-refractivity contribution in [2.75, 3.05) is 27.2 Å². The van der Waals surface area contributed by atoms with E-state index in [4.69, 9.17) is 0 Å². The number of hydrogen-bond donors (Lipinski definition) is 2. The van der Waals surface area contributed by atoms with E-state index in [1.165, 1.54) is 32.1 Å². The molecule has 1 fully saturated rings. The first-order chi connectivity index (χ1) is 9.49. The Hall–Kier alpha value is -0.530. The molecule has 1 amide bonds. The lowest BCUT2D eigenvalue weighted by atomic mass is 9.89. The van der Waals surface area contributed by atoms with Gasteiger partial charge in [-0.2, -0.15) is 0 Å². The molecule has 0 spiro atoms. The minimum absolute atomic E-state index is 0. The second-order valence-corrected chi connectivity index (χ2v) is 6.14. The summed E-state index contributed by atoms with van der Waals surface area (Å²) in [4.78, 5) is 17.5. The number of carbonyl (C=O) groups is 1. The van der Waals surface area contributed by atoms with Crippen LogP contribution in [-0.4, -0.2) is 50.0 Å². The van der Waals surface area contributed by atoms with Crippen molar-refractivity contribution in [1.29, 1.82) is 0 Å². The maximum Gasteiger partial charge on any atom is 0.243 e. The van der Waals surface area contributed by atoms with Crippen LogP contribution >= 0.6 is 24.0 Å². The molecule has 1 aliphatic carbocycles. The number of amides is 1. The fourth-order valence-corrected chi connectivity index (χ4v) is 2.35. The van der Waals surface area contributed by atoms with Crippen molar-refractivity contribution < 1.29 is 4.79 Å². The second-order valence-electron chi connectivity index (χ2n) is 6.14. The number of carbonyl (C=O) groups excluding carboxylic acids is 1. The van der Waals surface area contributed by atoms with Crippen LogP contribution in [0.3, 0.4) is 0 Å². The van der Waals surface area contributed by atoms with Crippen molar-refractivity contribution in [3.05, 3.63) is 0 Å². The number of rotatable bonds is 5. The number of nitrogens with zero attached hydrogens (tertiary/aromatic N) is 2. The predicted octanol–water partition coefficient (Wildman–Crippen LogP) is 2.22. The Morgan fingerprint density at radius 1 is 1.24 bits per heavy atom. The predicted molar refractivity (Wildman–Crippen MR) is 99.3 cm³/mol. The fraction of sp³-hybridized carbons (Fsp3) is 0.867. The number of hydrogen-bond acceptors (Lipinski definition) is 2. The lowest BCUT2D eigenvalue weighted by Crippen LogP contribution is -2.43. The molecule has 0 aromatic carbocycles. The van der Waals surface area contributed by atoms with E-state index in [0.29, 0.717) is 6.04 Å². The summed E-state index contributed by atoms with van der Waals surface area (Å²) in [6, 6.07) is 0.307. The molecule has 1 rings (SSSR count). The molecule has 0 bridgehead atoms. The molecule has 21 heavy (non-hydrogen) atoms. The molecular weight excluding hydrogens is 379 g/mol. The molecule has 1 saturated carbocycles. The molecule has 124 valence electrons. The lowest BCUT2D eigenvalue weighted by Gasteiger charge is -2.23. The third-order valence-electron chi connectivity index (χ3n) is 3.58. The van der Waals surface area contributed by atoms with E-state index in [2.05, 4.69) is 29.5 Å². The Kier molecular flexibility index (Phi) is 10.8. The van der Waals surface area contributed by atoms with E-state index in [0.717, 1.165) is 18.4 Å². The molecule has 0 unspecified atom stereocenters. The van der Waals surface area contributed by atoms with Crippen molar-refractivity contribution in [3.8, 4) is 0 Å². The lowest BCUT2D eigenvalue weighted by molar-refractivity contribution is -0.127. The van der Waals surface area contributed by atoms with Gasteiger partial charge in [0.15, 0.2) is 5.96 Å². The maximum atomic E-state index is 11.6. The van der Waals surface area contributed by atoms with Gasteiger partial charge in [0.05, 0.1) is 0 Å². The van der Waals surface area contributed by atoms with Crippen molar-refractivity contribution in [1.82, 2.24) is 15.5 Å². The van der Waals surface area contributed by atoms with Crippen LogP contribution in [0.25, 0.3) is 0 Å². The fourth-order valence-electron chi connectivity index (χ4n) is 2.35. The van der Waals surface area contributed by atoms with Crippen molar-refractivity contribution >= 4 is 35.8 Å². The smallest absolute Gasteiger partial charge is 0.243 e. The highest BCUT2D eigenvalue weighted by molar-refractivity contribution is 14.0. The minimum Gasteiger partial charge on any atom is -0.356 e. The van der Waals surface area contributed by atoms with Crippen molar-refractivity contribution in [2.24, 2.45) is 10.9 Å². The average molecular weight is 410 g/mol. The topological polar surface area (TPSA) is 56.7 Å². The average Bonchev–Trinajstić information content (AvgIpc) is 2.42. The highest BCUT2D eigenvalue weighted by atomic mass is 127. The molecule has 0 aromatic rings. The van der Waals surface area contributed by atoms with Gasteiger partial charge < -0.3 is 15.5 Å². The zero-order chi connectivity index (χ0) is 15.0. The van der Waals surface area contributed by atoms with Crippen LogP contribution in [0, 0.1) is 5.92 Å². The summed E-state index contributed by atoms with van der Waals surface area (Å²) in [6.07, 6.45) is 6.67. The summed E-state index contributed by atoms with van der Waals surface area (Å²) in [5, 5.41) is 6.67. The molecule has 6 heteroatoms. The molecule has 0 saturated heterocycles. The third-order valence-corrected chi connectivity index (χ3v) is 3.58. The van der Waals surface area contributed by atoms with E-state index < -0.39 is 0 Å².